The van der Waals surface area contributed by atoms with E-state index in [2.05, 4.69) is 22.0 Å². The minimum absolute atomic E-state index is 0.0210. The number of fused-ring (bicyclic) bond motifs is 1. The molecule has 0 atom stereocenters. The van der Waals surface area contributed by atoms with Crippen LogP contribution in [0.25, 0.3) is 22.5 Å². The lowest BCUT2D eigenvalue weighted by molar-refractivity contribution is -0.131. The second kappa shape index (κ2) is 9.40. The van der Waals surface area contributed by atoms with E-state index in [4.69, 9.17) is 5.73 Å². The summed E-state index contributed by atoms with van der Waals surface area (Å²) in [6.07, 6.45) is -4.02. The van der Waals surface area contributed by atoms with Crippen LogP contribution in [0.2, 0.25) is 0 Å². The van der Waals surface area contributed by atoms with Crippen molar-refractivity contribution in [3.8, 4) is 11.3 Å². The number of nitrogens with zero attached hydrogens (tertiary/aromatic N) is 3. The minimum Gasteiger partial charge on any atom is -0.382 e. The number of imidazole rings is 1. The predicted molar refractivity (Wildman–Crippen MR) is 125 cm³/mol. The molecule has 4 aromatic rings. The van der Waals surface area contributed by atoms with Crippen LogP contribution in [0.5, 0.6) is 0 Å². The zero-order chi connectivity index (χ0) is 26.2. The Kier molecular flexibility index (Phi) is 6.49. The highest BCUT2D eigenvalue weighted by Gasteiger charge is 2.26. The first-order valence-corrected chi connectivity index (χ1v) is 10.7. The van der Waals surface area contributed by atoms with Gasteiger partial charge in [-0.3, -0.25) is 4.79 Å². The average Bonchev–Trinajstić information content (AvgIpc) is 3.23. The molecule has 2 aromatic carbocycles. The molecule has 0 fully saturated rings. The lowest BCUT2D eigenvalue weighted by Crippen LogP contribution is -2.15. The van der Waals surface area contributed by atoms with E-state index in [1.165, 1.54) is 16.8 Å². The summed E-state index contributed by atoms with van der Waals surface area (Å²) < 4.78 is 67.8. The van der Waals surface area contributed by atoms with Gasteiger partial charge in [0.2, 0.25) is 5.91 Å². The average molecular weight is 501 g/mol. The van der Waals surface area contributed by atoms with Crippen LogP contribution in [0.4, 0.5) is 27.6 Å². The van der Waals surface area contributed by atoms with Crippen molar-refractivity contribution in [2.45, 2.75) is 19.5 Å². The number of aromatic nitrogens is 3. The number of benzene rings is 2. The van der Waals surface area contributed by atoms with Crippen LogP contribution in [0.15, 0.2) is 55.2 Å². The minimum atomic E-state index is -4.38. The van der Waals surface area contributed by atoms with E-state index in [9.17, 15) is 26.7 Å². The highest BCUT2D eigenvalue weighted by Crippen LogP contribution is 2.31. The Morgan fingerprint density at radius 2 is 1.86 bits per heavy atom. The van der Waals surface area contributed by atoms with Gasteiger partial charge < -0.3 is 11.1 Å². The Morgan fingerprint density at radius 1 is 1.11 bits per heavy atom. The number of primary amides is 1. The van der Waals surface area contributed by atoms with Crippen LogP contribution >= 0.6 is 0 Å². The number of halogens is 5. The molecule has 2 heterocycles. The third-order valence-electron chi connectivity index (χ3n) is 5.54. The molecule has 0 aliphatic carbocycles. The summed E-state index contributed by atoms with van der Waals surface area (Å²) in [5.41, 5.74) is 7.70. The number of aryl methyl sites for hydroxylation is 1. The van der Waals surface area contributed by atoms with Gasteiger partial charge in [0.15, 0.2) is 5.65 Å². The Balaban J connectivity index is 1.85. The molecule has 2 aromatic heterocycles. The van der Waals surface area contributed by atoms with E-state index >= 15 is 0 Å². The number of rotatable bonds is 7. The fraction of sp³-hybridized carbons (Fsp3) is 0.160. The van der Waals surface area contributed by atoms with Crippen LogP contribution in [0, 0.1) is 18.6 Å². The van der Waals surface area contributed by atoms with Gasteiger partial charge in [-0.15, -0.1) is 0 Å². The normalized spacial score (nSPS) is 11.6. The molecule has 36 heavy (non-hydrogen) atoms. The van der Waals surface area contributed by atoms with E-state index in [0.29, 0.717) is 22.4 Å². The molecule has 0 radical (unpaired) electrons. The van der Waals surface area contributed by atoms with Gasteiger partial charge >= 0.3 is 6.18 Å². The number of nitrogens with two attached hydrogens (primary N) is 1. The first-order chi connectivity index (χ1) is 16.9. The number of hydrogen-bond acceptors (Lipinski definition) is 4. The number of hydrogen-bond donors (Lipinski definition) is 2. The van der Waals surface area contributed by atoms with Gasteiger partial charge in [0.1, 0.15) is 11.6 Å². The lowest BCUT2D eigenvalue weighted by Gasteiger charge is -2.14. The number of alkyl halides is 3. The first kappa shape index (κ1) is 24.8. The molecule has 0 bridgehead atoms. The molecule has 186 valence electrons. The summed E-state index contributed by atoms with van der Waals surface area (Å²) in [6.45, 7) is 5.09. The van der Waals surface area contributed by atoms with E-state index in [0.717, 1.165) is 18.2 Å². The van der Waals surface area contributed by atoms with Crippen LogP contribution in [0.3, 0.4) is 0 Å². The van der Waals surface area contributed by atoms with Gasteiger partial charge in [0.05, 0.1) is 29.7 Å². The molecule has 6 nitrogen and oxygen atoms in total. The standard InChI is InChI=1S/C25H20F5N5O/c1-13-9-15(3-5-17(13)23(31)36)22-12-33-24-21(32-8-7-25(28,29)30)11-20(34-35(22)24)14(2)18-10-16(26)4-6-19(18)27/h3-6,9-12,32H,2,7-8H2,1H3,(H2,31,36). The summed E-state index contributed by atoms with van der Waals surface area (Å²) in [5, 5.41) is 7.18. The highest BCUT2D eigenvalue weighted by molar-refractivity contribution is 5.95. The smallest absolute Gasteiger partial charge is 0.382 e. The molecule has 3 N–H and O–H groups in total. The lowest BCUT2D eigenvalue weighted by atomic mass is 10.0. The fourth-order valence-corrected chi connectivity index (χ4v) is 3.75. The van der Waals surface area contributed by atoms with Crippen molar-refractivity contribution in [2.24, 2.45) is 5.73 Å². The number of nitrogens with one attached hydrogen (secondary N) is 1. The number of amides is 1. The molecular formula is C25H20F5N5O. The highest BCUT2D eigenvalue weighted by atomic mass is 19.4. The van der Waals surface area contributed by atoms with Crippen molar-refractivity contribution >= 4 is 22.8 Å². The summed E-state index contributed by atoms with van der Waals surface area (Å²) in [5.74, 6) is -2.02. The van der Waals surface area contributed by atoms with Gasteiger partial charge in [-0.1, -0.05) is 12.6 Å². The van der Waals surface area contributed by atoms with Crippen LogP contribution < -0.4 is 11.1 Å². The fourth-order valence-electron chi connectivity index (χ4n) is 3.75. The van der Waals surface area contributed by atoms with Crippen molar-refractivity contribution in [3.63, 3.8) is 0 Å². The maximum absolute atomic E-state index is 14.4. The summed E-state index contributed by atoms with van der Waals surface area (Å²) >= 11 is 0. The van der Waals surface area contributed by atoms with E-state index in [-0.39, 0.29) is 28.2 Å². The first-order valence-electron chi connectivity index (χ1n) is 10.7. The molecule has 0 aliphatic heterocycles. The van der Waals surface area contributed by atoms with Crippen molar-refractivity contribution in [1.82, 2.24) is 14.6 Å². The van der Waals surface area contributed by atoms with E-state index in [1.54, 1.807) is 25.1 Å². The van der Waals surface area contributed by atoms with Gasteiger partial charge in [-0.25, -0.2) is 18.3 Å². The van der Waals surface area contributed by atoms with Crippen molar-refractivity contribution < 1.29 is 26.7 Å². The van der Waals surface area contributed by atoms with Crippen LogP contribution in [-0.2, 0) is 0 Å². The quantitative estimate of drug-likeness (QED) is 0.327. The Bertz CT molecular complexity index is 1490. The van der Waals surface area contributed by atoms with E-state index in [1.807, 2.05) is 0 Å². The van der Waals surface area contributed by atoms with Crippen molar-refractivity contribution in [3.05, 3.63) is 89.3 Å². The Hall–Kier alpha value is -4.28. The number of carbonyl (C=O) groups is 1. The van der Waals surface area contributed by atoms with Crippen molar-refractivity contribution in [1.29, 1.82) is 0 Å². The number of anilines is 1. The molecule has 11 heteroatoms. The Morgan fingerprint density at radius 3 is 2.53 bits per heavy atom. The molecule has 0 aliphatic rings. The maximum Gasteiger partial charge on any atom is 0.390 e. The van der Waals surface area contributed by atoms with Gasteiger partial charge in [0, 0.05) is 28.8 Å². The molecule has 0 unspecified atom stereocenters. The molecular weight excluding hydrogens is 481 g/mol. The third kappa shape index (κ3) is 5.04. The molecule has 0 saturated carbocycles. The van der Waals surface area contributed by atoms with Crippen molar-refractivity contribution in [2.75, 3.05) is 11.9 Å². The van der Waals surface area contributed by atoms with Crippen LogP contribution in [-0.4, -0.2) is 33.2 Å². The second-order valence-corrected chi connectivity index (χ2v) is 8.11. The zero-order valence-corrected chi connectivity index (χ0v) is 19.0. The summed E-state index contributed by atoms with van der Waals surface area (Å²) in [7, 11) is 0. The predicted octanol–water partition coefficient (Wildman–Crippen LogP) is 5.51. The summed E-state index contributed by atoms with van der Waals surface area (Å²) in [6, 6.07) is 9.11. The molecule has 0 saturated heterocycles. The molecule has 1 amide bonds. The maximum atomic E-state index is 14.4. The van der Waals surface area contributed by atoms with Crippen LogP contribution in [0.1, 0.15) is 33.6 Å². The second-order valence-electron chi connectivity index (χ2n) is 8.11. The molecule has 4 rings (SSSR count). The van der Waals surface area contributed by atoms with E-state index < -0.39 is 36.7 Å². The van der Waals surface area contributed by atoms with Gasteiger partial charge in [-0.2, -0.15) is 18.3 Å². The summed E-state index contributed by atoms with van der Waals surface area (Å²) in [4.78, 5) is 15.9. The number of carbonyl (C=O) groups excluding carboxylic acids is 1. The topological polar surface area (TPSA) is 85.3 Å². The largest absolute Gasteiger partial charge is 0.390 e. The molecule has 0 spiro atoms. The monoisotopic (exact) mass is 501 g/mol. The zero-order valence-electron chi connectivity index (χ0n) is 19.0. The SMILES string of the molecule is C=C(c1cc(NCCC(F)(F)F)c2ncc(-c3ccc(C(N)=O)c(C)c3)n2n1)c1cc(F)ccc1F. The third-order valence-corrected chi connectivity index (χ3v) is 5.54. The Labute approximate surface area is 202 Å². The van der Waals surface area contributed by atoms with Gasteiger partial charge in [-0.05, 0) is 48.9 Å². The van der Waals surface area contributed by atoms with Gasteiger partial charge in [0.25, 0.3) is 0 Å².